The second-order valence-corrected chi connectivity index (χ2v) is 10.2. The zero-order chi connectivity index (χ0) is 28.0. The van der Waals surface area contributed by atoms with E-state index in [-0.39, 0.29) is 21.6 Å². The lowest BCUT2D eigenvalue weighted by Gasteiger charge is -2.26. The lowest BCUT2D eigenvalue weighted by atomic mass is 9.94. The van der Waals surface area contributed by atoms with Crippen LogP contribution < -0.4 is 35.0 Å². The molecule has 0 spiro atoms. The van der Waals surface area contributed by atoms with E-state index in [1.54, 1.807) is 56.5 Å². The zero-order valence-electron chi connectivity index (χ0n) is 21.8. The minimum absolute atomic E-state index is 0.246. The first-order valence-corrected chi connectivity index (χ1v) is 13.3. The molecule has 0 fully saturated rings. The van der Waals surface area contributed by atoms with E-state index in [9.17, 15) is 14.4 Å². The van der Waals surface area contributed by atoms with Crippen LogP contribution in [0, 0.1) is 0 Å². The van der Waals surface area contributed by atoms with E-state index in [4.69, 9.17) is 9.47 Å². The summed E-state index contributed by atoms with van der Waals surface area (Å²) in [6.45, 7) is 1.74. The van der Waals surface area contributed by atoms with Crippen molar-refractivity contribution >= 4 is 40.1 Å². The molecule has 0 radical (unpaired) electrons. The Labute approximate surface area is 232 Å². The molecule has 10 heteroatoms. The third-order valence-corrected chi connectivity index (χ3v) is 7.96. The van der Waals surface area contributed by atoms with Gasteiger partial charge >= 0.3 is 0 Å². The quantitative estimate of drug-likeness (QED) is 0.395. The smallest absolute Gasteiger partial charge is 0.271 e. The lowest BCUT2D eigenvalue weighted by molar-refractivity contribution is -0.113. The second-order valence-electron chi connectivity index (χ2n) is 9.21. The highest BCUT2D eigenvalue weighted by atomic mass is 32.1. The Kier molecular flexibility index (Phi) is 6.31. The van der Waals surface area contributed by atoms with Gasteiger partial charge in [-0.05, 0) is 37.3 Å². The number of ether oxygens (including phenoxy) is 2. The first-order chi connectivity index (χ1) is 19.4. The van der Waals surface area contributed by atoms with E-state index >= 15 is 0 Å². The normalized spacial score (nSPS) is 17.0. The van der Waals surface area contributed by atoms with Crippen LogP contribution in [0.25, 0.3) is 5.57 Å². The van der Waals surface area contributed by atoms with Gasteiger partial charge in [-0.15, -0.1) is 0 Å². The summed E-state index contributed by atoms with van der Waals surface area (Å²) < 4.78 is 12.8. The summed E-state index contributed by atoms with van der Waals surface area (Å²) in [6, 6.07) is 20.6. The Bertz CT molecular complexity index is 1910. The van der Waals surface area contributed by atoms with Gasteiger partial charge in [0.2, 0.25) is 0 Å². The second kappa shape index (κ2) is 9.97. The van der Waals surface area contributed by atoms with Gasteiger partial charge in [0.1, 0.15) is 22.1 Å². The number of anilines is 2. The highest BCUT2D eigenvalue weighted by molar-refractivity contribution is 7.07. The molecule has 1 aromatic heterocycles. The number of nitrogens with one attached hydrogen (secondary N) is 2. The summed E-state index contributed by atoms with van der Waals surface area (Å²) in [5.41, 5.74) is 3.06. The molecule has 2 aliphatic heterocycles. The van der Waals surface area contributed by atoms with Crippen LogP contribution in [0.4, 0.5) is 11.4 Å². The number of hydrogen-bond donors (Lipinski definition) is 2. The largest absolute Gasteiger partial charge is 0.497 e. The van der Waals surface area contributed by atoms with Crippen molar-refractivity contribution in [2.24, 2.45) is 4.99 Å². The van der Waals surface area contributed by atoms with E-state index in [0.717, 1.165) is 11.3 Å². The van der Waals surface area contributed by atoms with Crippen molar-refractivity contribution in [1.29, 1.82) is 0 Å². The third-order valence-electron chi connectivity index (χ3n) is 6.91. The number of nitrogens with zero attached hydrogens (tertiary/aromatic N) is 2. The van der Waals surface area contributed by atoms with Crippen LogP contribution in [0.15, 0.2) is 93.9 Å². The number of carbonyl (C=O) groups excluding carboxylic acids is 2. The van der Waals surface area contributed by atoms with Gasteiger partial charge in [0.05, 0.1) is 31.1 Å². The van der Waals surface area contributed by atoms with Crippen molar-refractivity contribution in [2.45, 2.75) is 13.0 Å². The molecule has 1 unspecified atom stereocenters. The van der Waals surface area contributed by atoms with Crippen LogP contribution in [0.2, 0.25) is 0 Å². The minimum Gasteiger partial charge on any atom is -0.497 e. The maximum absolute atomic E-state index is 14.2. The number of methoxy groups -OCH3 is 2. The van der Waals surface area contributed by atoms with Gasteiger partial charge in [0.15, 0.2) is 4.80 Å². The summed E-state index contributed by atoms with van der Waals surface area (Å²) in [4.78, 5) is 46.1. The summed E-state index contributed by atoms with van der Waals surface area (Å²) in [5, 5.41) is 5.76. The van der Waals surface area contributed by atoms with Crippen molar-refractivity contribution in [1.82, 2.24) is 4.57 Å². The Morgan fingerprint density at radius 2 is 1.75 bits per heavy atom. The fraction of sp³-hybridized carbons (Fsp3) is 0.133. The van der Waals surface area contributed by atoms with Crippen LogP contribution in [-0.4, -0.2) is 30.6 Å². The average molecular weight is 553 g/mol. The number of aromatic nitrogens is 1. The molecule has 9 nitrogen and oxygen atoms in total. The van der Waals surface area contributed by atoms with Gasteiger partial charge in [-0.25, -0.2) is 4.99 Å². The topological polar surface area (TPSA) is 111 Å². The number of carbonyl (C=O) groups is 2. The molecule has 0 saturated heterocycles. The molecule has 4 aromatic rings. The van der Waals surface area contributed by atoms with E-state index in [0.29, 0.717) is 44.5 Å². The molecule has 0 aliphatic carbocycles. The highest BCUT2D eigenvalue weighted by Gasteiger charge is 2.36. The van der Waals surface area contributed by atoms with E-state index in [2.05, 4.69) is 15.6 Å². The van der Waals surface area contributed by atoms with Crippen molar-refractivity contribution in [3.05, 3.63) is 115 Å². The van der Waals surface area contributed by atoms with Crippen LogP contribution in [-0.2, 0) is 9.59 Å². The summed E-state index contributed by atoms with van der Waals surface area (Å²) in [7, 11) is 3.07. The predicted octanol–water partition coefficient (Wildman–Crippen LogP) is 3.21. The molecule has 0 saturated carbocycles. The fourth-order valence-electron chi connectivity index (χ4n) is 5.06. The predicted molar refractivity (Wildman–Crippen MR) is 152 cm³/mol. The molecule has 1 atom stereocenters. The maximum Gasteiger partial charge on any atom is 0.271 e. The number of hydrogen-bond acceptors (Lipinski definition) is 7. The van der Waals surface area contributed by atoms with Gasteiger partial charge in [0.25, 0.3) is 17.4 Å². The average Bonchev–Trinajstić information content (AvgIpc) is 3.46. The number of allylic oxidation sites excluding steroid dienone is 1. The van der Waals surface area contributed by atoms with Crippen molar-refractivity contribution < 1.29 is 19.1 Å². The van der Waals surface area contributed by atoms with Crippen LogP contribution in [0.5, 0.6) is 11.5 Å². The standard InChI is InChI=1S/C30H24N4O5S/c1-16-23(27(35)32-17-9-5-4-6-10-17)25(20-14-13-18(38-2)15-22(20)39-3)34-29(37)26(40-30(34)31-16)24-19-11-7-8-12-21(19)33-28(24)36/h4-15,25H,1-3H3,(H,32,35)(H,33,36). The lowest BCUT2D eigenvalue weighted by Crippen LogP contribution is -2.41. The first kappa shape index (κ1) is 25.3. The van der Waals surface area contributed by atoms with E-state index in [1.165, 1.54) is 11.7 Å². The summed E-state index contributed by atoms with van der Waals surface area (Å²) >= 11 is 1.12. The molecule has 2 aliphatic rings. The summed E-state index contributed by atoms with van der Waals surface area (Å²) in [6.07, 6.45) is 0. The Morgan fingerprint density at radius 1 is 1.00 bits per heavy atom. The van der Waals surface area contributed by atoms with Gasteiger partial charge in [-0.1, -0.05) is 47.7 Å². The van der Waals surface area contributed by atoms with Crippen LogP contribution in [0.3, 0.4) is 0 Å². The van der Waals surface area contributed by atoms with Crippen molar-refractivity contribution in [3.63, 3.8) is 0 Å². The number of benzene rings is 3. The molecule has 200 valence electrons. The summed E-state index contributed by atoms with van der Waals surface area (Å²) in [5.74, 6) is 0.233. The minimum atomic E-state index is -0.880. The maximum atomic E-state index is 14.2. The first-order valence-electron chi connectivity index (χ1n) is 12.5. The zero-order valence-corrected chi connectivity index (χ0v) is 22.7. The molecule has 40 heavy (non-hydrogen) atoms. The molecule has 6 rings (SSSR count). The molecular weight excluding hydrogens is 528 g/mol. The van der Waals surface area contributed by atoms with Crippen LogP contribution >= 0.6 is 11.3 Å². The molecule has 3 heterocycles. The Morgan fingerprint density at radius 3 is 2.50 bits per heavy atom. The van der Waals surface area contributed by atoms with Gasteiger partial charge in [-0.3, -0.25) is 19.0 Å². The number of amides is 2. The molecule has 3 aromatic carbocycles. The fourth-order valence-corrected chi connectivity index (χ4v) is 6.21. The number of thiazole rings is 1. The third kappa shape index (κ3) is 4.09. The van der Waals surface area contributed by atoms with Gasteiger partial charge < -0.3 is 20.1 Å². The van der Waals surface area contributed by atoms with Crippen molar-refractivity contribution in [3.8, 4) is 11.5 Å². The number of para-hydroxylation sites is 2. The monoisotopic (exact) mass is 552 g/mol. The molecular formula is C30H24N4O5S. The highest BCUT2D eigenvalue weighted by Crippen LogP contribution is 2.38. The number of rotatable bonds is 5. The van der Waals surface area contributed by atoms with Crippen molar-refractivity contribution in [2.75, 3.05) is 24.9 Å². The number of fused-ring (bicyclic) bond motifs is 2. The van der Waals surface area contributed by atoms with Crippen LogP contribution in [0.1, 0.15) is 24.1 Å². The van der Waals surface area contributed by atoms with Gasteiger partial charge in [-0.2, -0.15) is 0 Å². The van der Waals surface area contributed by atoms with Gasteiger partial charge in [0, 0.05) is 28.6 Å². The molecule has 2 N–H and O–H groups in total. The van der Waals surface area contributed by atoms with E-state index in [1.807, 2.05) is 30.3 Å². The molecule has 0 bridgehead atoms. The molecule has 2 amide bonds. The Balaban J connectivity index is 1.61. The SMILES string of the molecule is COc1ccc(C2C(C(=O)Nc3ccccc3)=C(C)N=c3sc(=C4C(=O)Nc5ccccc54)c(=O)n32)c(OC)c1. The van der Waals surface area contributed by atoms with E-state index < -0.39 is 17.5 Å². The Hall–Kier alpha value is -4.96.